The molecule has 0 saturated heterocycles. The third-order valence-electron chi connectivity index (χ3n) is 3.43. The summed E-state index contributed by atoms with van der Waals surface area (Å²) in [5.74, 6) is 1.72. The van der Waals surface area contributed by atoms with Crippen molar-refractivity contribution < 1.29 is 9.59 Å². The summed E-state index contributed by atoms with van der Waals surface area (Å²) >= 11 is 1.39. The maximum absolute atomic E-state index is 11.3. The molecule has 6 nitrogen and oxygen atoms in total. The molecule has 0 atom stereocenters. The normalized spacial score (nSPS) is 13.8. The fourth-order valence-corrected chi connectivity index (χ4v) is 3.07. The highest BCUT2D eigenvalue weighted by Gasteiger charge is 2.31. The van der Waals surface area contributed by atoms with E-state index >= 15 is 0 Å². The zero-order chi connectivity index (χ0) is 16.4. The Morgan fingerprint density at radius 1 is 1.30 bits per heavy atom. The number of amides is 1. The van der Waals surface area contributed by atoms with Crippen molar-refractivity contribution in [3.8, 4) is 5.69 Å². The summed E-state index contributed by atoms with van der Waals surface area (Å²) in [5, 5.41) is 12.1. The highest BCUT2D eigenvalue weighted by molar-refractivity contribution is 7.99. The molecule has 0 bridgehead atoms. The van der Waals surface area contributed by atoms with E-state index in [4.69, 9.17) is 0 Å². The van der Waals surface area contributed by atoms with Crippen molar-refractivity contribution in [3.63, 3.8) is 0 Å². The molecule has 2 aromatic rings. The fourth-order valence-electron chi connectivity index (χ4n) is 2.32. The van der Waals surface area contributed by atoms with E-state index in [0.717, 1.165) is 30.0 Å². The SMILES string of the molecule is CC(=O)CSc1nnc(C2CC2)n1-c1cccc(NC(C)=O)c1. The van der Waals surface area contributed by atoms with E-state index < -0.39 is 0 Å². The number of nitrogens with one attached hydrogen (secondary N) is 1. The Hall–Kier alpha value is -2.15. The summed E-state index contributed by atoms with van der Waals surface area (Å²) in [6.07, 6.45) is 2.22. The van der Waals surface area contributed by atoms with Gasteiger partial charge in [0.2, 0.25) is 5.91 Å². The van der Waals surface area contributed by atoms with E-state index in [-0.39, 0.29) is 11.7 Å². The summed E-state index contributed by atoms with van der Waals surface area (Å²) < 4.78 is 2.00. The smallest absolute Gasteiger partial charge is 0.221 e. The molecule has 7 heteroatoms. The van der Waals surface area contributed by atoms with Crippen LogP contribution in [0, 0.1) is 0 Å². The molecule has 120 valence electrons. The summed E-state index contributed by atoms with van der Waals surface area (Å²) in [4.78, 5) is 22.5. The minimum absolute atomic E-state index is 0.101. The third-order valence-corrected chi connectivity index (χ3v) is 4.50. The van der Waals surface area contributed by atoms with Gasteiger partial charge in [0.05, 0.1) is 11.4 Å². The molecular weight excluding hydrogens is 312 g/mol. The molecule has 1 aliphatic rings. The number of thioether (sulfide) groups is 1. The first-order valence-corrected chi connectivity index (χ1v) is 8.48. The molecule has 1 aliphatic carbocycles. The molecule has 1 N–H and O–H groups in total. The minimum Gasteiger partial charge on any atom is -0.326 e. The van der Waals surface area contributed by atoms with Crippen LogP contribution in [0.4, 0.5) is 5.69 Å². The van der Waals surface area contributed by atoms with Gasteiger partial charge in [-0.1, -0.05) is 17.8 Å². The van der Waals surface area contributed by atoms with Crippen molar-refractivity contribution in [3.05, 3.63) is 30.1 Å². The molecule has 0 spiro atoms. The zero-order valence-electron chi connectivity index (χ0n) is 13.1. The maximum atomic E-state index is 11.3. The van der Waals surface area contributed by atoms with E-state index in [2.05, 4.69) is 15.5 Å². The second-order valence-corrected chi connectivity index (χ2v) is 6.62. The van der Waals surface area contributed by atoms with Gasteiger partial charge in [0.15, 0.2) is 5.16 Å². The van der Waals surface area contributed by atoms with E-state index in [9.17, 15) is 9.59 Å². The Kier molecular flexibility index (Phi) is 4.47. The molecule has 1 heterocycles. The summed E-state index contributed by atoms with van der Waals surface area (Å²) in [6, 6.07) is 7.58. The van der Waals surface area contributed by atoms with Crippen molar-refractivity contribution in [2.75, 3.05) is 11.1 Å². The van der Waals surface area contributed by atoms with Crippen LogP contribution in [0.15, 0.2) is 29.4 Å². The van der Waals surface area contributed by atoms with Crippen molar-refractivity contribution in [1.29, 1.82) is 0 Å². The molecule has 1 aromatic heterocycles. The maximum Gasteiger partial charge on any atom is 0.221 e. The number of hydrogen-bond donors (Lipinski definition) is 1. The lowest BCUT2D eigenvalue weighted by Crippen LogP contribution is -2.07. The van der Waals surface area contributed by atoms with Crippen LogP contribution in [-0.4, -0.2) is 32.2 Å². The van der Waals surface area contributed by atoms with E-state index in [0.29, 0.717) is 16.8 Å². The largest absolute Gasteiger partial charge is 0.326 e. The second kappa shape index (κ2) is 6.54. The molecule has 0 unspecified atom stereocenters. The lowest BCUT2D eigenvalue weighted by molar-refractivity contribution is -0.115. The number of Topliss-reactive ketones (excluding diaryl/α,β-unsaturated/α-hetero) is 1. The number of hydrogen-bond acceptors (Lipinski definition) is 5. The van der Waals surface area contributed by atoms with Gasteiger partial charge in [-0.2, -0.15) is 0 Å². The van der Waals surface area contributed by atoms with Gasteiger partial charge in [0.25, 0.3) is 0 Å². The van der Waals surface area contributed by atoms with Gasteiger partial charge in [-0.05, 0) is 38.0 Å². The Bertz CT molecular complexity index is 752. The van der Waals surface area contributed by atoms with E-state index in [1.165, 1.54) is 18.7 Å². The molecule has 23 heavy (non-hydrogen) atoms. The van der Waals surface area contributed by atoms with E-state index in [1.807, 2.05) is 28.8 Å². The zero-order valence-corrected chi connectivity index (χ0v) is 13.9. The number of anilines is 1. The minimum atomic E-state index is -0.112. The Morgan fingerprint density at radius 2 is 2.09 bits per heavy atom. The Morgan fingerprint density at radius 3 is 2.74 bits per heavy atom. The number of carbonyl (C=O) groups is 2. The molecule has 0 aliphatic heterocycles. The highest BCUT2D eigenvalue weighted by atomic mass is 32.2. The van der Waals surface area contributed by atoms with Gasteiger partial charge >= 0.3 is 0 Å². The van der Waals surface area contributed by atoms with Crippen molar-refractivity contribution in [1.82, 2.24) is 14.8 Å². The summed E-state index contributed by atoms with van der Waals surface area (Å²) in [7, 11) is 0. The highest BCUT2D eigenvalue weighted by Crippen LogP contribution is 2.41. The predicted molar refractivity (Wildman–Crippen MR) is 89.0 cm³/mol. The van der Waals surface area contributed by atoms with Crippen molar-refractivity contribution in [2.24, 2.45) is 0 Å². The quantitative estimate of drug-likeness (QED) is 0.824. The number of benzene rings is 1. The first kappa shape index (κ1) is 15.7. The predicted octanol–water partition coefficient (Wildman–Crippen LogP) is 2.78. The number of ketones is 1. The van der Waals surface area contributed by atoms with Gasteiger partial charge in [0.1, 0.15) is 11.6 Å². The van der Waals surface area contributed by atoms with Crippen LogP contribution in [0.25, 0.3) is 5.69 Å². The van der Waals surface area contributed by atoms with Gasteiger partial charge in [-0.3, -0.25) is 14.2 Å². The monoisotopic (exact) mass is 330 g/mol. The average Bonchev–Trinajstić information content (AvgIpc) is 3.24. The molecule has 1 aromatic carbocycles. The number of aromatic nitrogens is 3. The first-order valence-electron chi connectivity index (χ1n) is 7.50. The van der Waals surface area contributed by atoms with Gasteiger partial charge in [-0.15, -0.1) is 10.2 Å². The Balaban J connectivity index is 1.97. The van der Waals surface area contributed by atoms with Crippen LogP contribution in [0.5, 0.6) is 0 Å². The molecular formula is C16H18N4O2S. The summed E-state index contributed by atoms with van der Waals surface area (Å²) in [6.45, 7) is 3.04. The standard InChI is InChI=1S/C16H18N4O2S/c1-10(21)9-23-16-19-18-15(12-6-7-12)20(16)14-5-3-4-13(8-14)17-11(2)22/h3-5,8,12H,6-7,9H2,1-2H3,(H,17,22). The van der Waals surface area contributed by atoms with Crippen LogP contribution in [-0.2, 0) is 9.59 Å². The van der Waals surface area contributed by atoms with Gasteiger partial charge < -0.3 is 5.32 Å². The molecule has 3 rings (SSSR count). The van der Waals surface area contributed by atoms with Crippen molar-refractivity contribution in [2.45, 2.75) is 37.8 Å². The van der Waals surface area contributed by atoms with Crippen LogP contribution in [0.2, 0.25) is 0 Å². The number of nitrogens with zero attached hydrogens (tertiary/aromatic N) is 3. The average molecular weight is 330 g/mol. The van der Waals surface area contributed by atoms with E-state index in [1.54, 1.807) is 6.92 Å². The lowest BCUT2D eigenvalue weighted by Gasteiger charge is -2.11. The molecule has 0 radical (unpaired) electrons. The van der Waals surface area contributed by atoms with Gasteiger partial charge in [-0.25, -0.2) is 0 Å². The summed E-state index contributed by atoms with van der Waals surface area (Å²) in [5.41, 5.74) is 1.63. The van der Waals surface area contributed by atoms with Crippen LogP contribution in [0.1, 0.15) is 38.4 Å². The first-order chi connectivity index (χ1) is 11.0. The van der Waals surface area contributed by atoms with Crippen LogP contribution >= 0.6 is 11.8 Å². The Labute approximate surface area is 138 Å². The number of rotatable bonds is 6. The van der Waals surface area contributed by atoms with Gasteiger partial charge in [0, 0.05) is 18.5 Å². The van der Waals surface area contributed by atoms with Crippen LogP contribution < -0.4 is 5.32 Å². The fraction of sp³-hybridized carbons (Fsp3) is 0.375. The molecule has 1 amide bonds. The third kappa shape index (κ3) is 3.79. The topological polar surface area (TPSA) is 76.9 Å². The molecule has 1 fully saturated rings. The molecule has 1 saturated carbocycles. The van der Waals surface area contributed by atoms with Crippen molar-refractivity contribution >= 4 is 29.1 Å². The number of carbonyl (C=O) groups excluding carboxylic acids is 2. The lowest BCUT2D eigenvalue weighted by atomic mass is 10.2. The van der Waals surface area contributed by atoms with Crippen LogP contribution in [0.3, 0.4) is 0 Å². The second-order valence-electron chi connectivity index (χ2n) is 5.67.